The number of pyridine rings is 1. The van der Waals surface area contributed by atoms with Crippen LogP contribution in [0.4, 0.5) is 16.2 Å². The Labute approximate surface area is 207 Å². The molecule has 0 radical (unpaired) electrons. The van der Waals surface area contributed by atoms with Gasteiger partial charge in [-0.1, -0.05) is 32.0 Å². The average Bonchev–Trinajstić information content (AvgIpc) is 2.81. The SMILES string of the molecule is COC[C@H](C)Oc1nc(C)ccc1NC(=O)N(c1ccccc1C(C)C)[C@H]1CC[C@H](C(=O)O)CC1. The minimum Gasteiger partial charge on any atom is -0.481 e. The minimum atomic E-state index is -0.764. The van der Waals surface area contributed by atoms with Gasteiger partial charge < -0.3 is 19.9 Å². The third-order valence-electron chi connectivity index (χ3n) is 6.40. The summed E-state index contributed by atoms with van der Waals surface area (Å²) in [6.07, 6.45) is 2.09. The molecule has 2 N–H and O–H groups in total. The van der Waals surface area contributed by atoms with Crippen LogP contribution in [0, 0.1) is 12.8 Å². The lowest BCUT2D eigenvalue weighted by molar-refractivity contribution is -0.142. The van der Waals surface area contributed by atoms with E-state index in [2.05, 4.69) is 24.1 Å². The number of methoxy groups -OCH3 is 1. The minimum absolute atomic E-state index is 0.110. The number of benzene rings is 1. The highest BCUT2D eigenvalue weighted by molar-refractivity contribution is 6.03. The van der Waals surface area contributed by atoms with E-state index in [0.29, 0.717) is 43.9 Å². The number of para-hydroxylation sites is 1. The number of carbonyl (C=O) groups excluding carboxylic acids is 1. The molecule has 8 heteroatoms. The number of carbonyl (C=O) groups is 2. The number of carboxylic acids is 1. The zero-order valence-electron chi connectivity index (χ0n) is 21.3. The second-order valence-electron chi connectivity index (χ2n) is 9.55. The highest BCUT2D eigenvalue weighted by atomic mass is 16.5. The summed E-state index contributed by atoms with van der Waals surface area (Å²) < 4.78 is 11.1. The molecule has 0 saturated heterocycles. The standard InChI is InChI=1S/C27H37N3O5/c1-17(2)22-8-6-7-9-24(22)30(21-13-11-20(12-14-21)26(31)32)27(33)29-23-15-10-18(3)28-25(23)35-19(4)16-34-5/h6-10,15,17,19-21H,11-14,16H2,1-5H3,(H,29,33)(H,31,32)/t19-,20-,21-/m0/s1. The molecule has 1 heterocycles. The molecule has 1 aromatic carbocycles. The monoisotopic (exact) mass is 483 g/mol. The Morgan fingerprint density at radius 1 is 1.11 bits per heavy atom. The Bertz CT molecular complexity index is 1020. The lowest BCUT2D eigenvalue weighted by atomic mass is 9.85. The molecule has 0 unspecified atom stereocenters. The number of hydrogen-bond donors (Lipinski definition) is 2. The van der Waals surface area contributed by atoms with Crippen molar-refractivity contribution in [2.24, 2.45) is 5.92 Å². The van der Waals surface area contributed by atoms with Crippen molar-refractivity contribution >= 4 is 23.4 Å². The predicted molar refractivity (Wildman–Crippen MR) is 136 cm³/mol. The maximum Gasteiger partial charge on any atom is 0.326 e. The molecule has 1 aliphatic rings. The Kier molecular flexibility index (Phi) is 9.09. The van der Waals surface area contributed by atoms with Gasteiger partial charge in [0.25, 0.3) is 0 Å². The zero-order valence-corrected chi connectivity index (χ0v) is 21.3. The van der Waals surface area contributed by atoms with Crippen LogP contribution in [0.1, 0.15) is 63.6 Å². The molecule has 1 saturated carbocycles. The van der Waals surface area contributed by atoms with Gasteiger partial charge in [0.15, 0.2) is 0 Å². The summed E-state index contributed by atoms with van der Waals surface area (Å²) in [7, 11) is 1.61. The molecule has 3 rings (SSSR count). The van der Waals surface area contributed by atoms with Crippen molar-refractivity contribution in [2.45, 2.75) is 71.4 Å². The molecule has 2 aromatic rings. The number of carboxylic acid groups (broad SMARTS) is 1. The number of aliphatic carboxylic acids is 1. The normalized spacial score (nSPS) is 18.7. The van der Waals surface area contributed by atoms with Gasteiger partial charge in [-0.3, -0.25) is 9.69 Å². The Balaban J connectivity index is 1.93. The van der Waals surface area contributed by atoms with Crippen LogP contribution in [0.25, 0.3) is 0 Å². The van der Waals surface area contributed by atoms with Gasteiger partial charge in [0.05, 0.1) is 12.5 Å². The smallest absolute Gasteiger partial charge is 0.326 e. The van der Waals surface area contributed by atoms with Gasteiger partial charge in [-0.2, -0.15) is 0 Å². The van der Waals surface area contributed by atoms with Crippen LogP contribution in [-0.2, 0) is 9.53 Å². The summed E-state index contributed by atoms with van der Waals surface area (Å²) >= 11 is 0. The van der Waals surface area contributed by atoms with Crippen molar-refractivity contribution in [2.75, 3.05) is 23.9 Å². The molecule has 1 atom stereocenters. The maximum absolute atomic E-state index is 13.8. The first-order valence-electron chi connectivity index (χ1n) is 12.3. The molecule has 2 amide bonds. The van der Waals surface area contributed by atoms with E-state index in [0.717, 1.165) is 16.9 Å². The number of nitrogens with zero attached hydrogens (tertiary/aromatic N) is 2. The second kappa shape index (κ2) is 12.0. The second-order valence-corrected chi connectivity index (χ2v) is 9.55. The average molecular weight is 484 g/mol. The highest BCUT2D eigenvalue weighted by Crippen LogP contribution is 2.36. The topological polar surface area (TPSA) is 101 Å². The molecule has 1 aromatic heterocycles. The number of rotatable bonds is 9. The number of nitrogens with one attached hydrogen (secondary N) is 1. The third-order valence-corrected chi connectivity index (χ3v) is 6.40. The molecule has 0 bridgehead atoms. The fourth-order valence-corrected chi connectivity index (χ4v) is 4.60. The fourth-order valence-electron chi connectivity index (χ4n) is 4.60. The lowest BCUT2D eigenvalue weighted by Gasteiger charge is -2.37. The van der Waals surface area contributed by atoms with Crippen LogP contribution in [0.2, 0.25) is 0 Å². The quantitative estimate of drug-likeness (QED) is 0.481. The lowest BCUT2D eigenvalue weighted by Crippen LogP contribution is -2.46. The Morgan fingerprint density at radius 3 is 2.43 bits per heavy atom. The van der Waals surface area contributed by atoms with Crippen LogP contribution >= 0.6 is 0 Å². The summed E-state index contributed by atoms with van der Waals surface area (Å²) in [5, 5.41) is 12.5. The maximum atomic E-state index is 13.8. The first-order valence-corrected chi connectivity index (χ1v) is 12.3. The fraction of sp³-hybridized carbons (Fsp3) is 0.519. The van der Waals surface area contributed by atoms with E-state index in [1.165, 1.54) is 0 Å². The number of hydrogen-bond acceptors (Lipinski definition) is 5. The predicted octanol–water partition coefficient (Wildman–Crippen LogP) is 5.61. The highest BCUT2D eigenvalue weighted by Gasteiger charge is 2.34. The van der Waals surface area contributed by atoms with E-state index < -0.39 is 5.97 Å². The summed E-state index contributed by atoms with van der Waals surface area (Å²) in [4.78, 5) is 31.6. The molecule has 0 spiro atoms. The van der Waals surface area contributed by atoms with Crippen LogP contribution < -0.4 is 15.0 Å². The molecule has 1 aliphatic carbocycles. The Morgan fingerprint density at radius 2 is 1.80 bits per heavy atom. The summed E-state index contributed by atoms with van der Waals surface area (Å²) in [6.45, 7) is 8.34. The third kappa shape index (κ3) is 6.72. The zero-order chi connectivity index (χ0) is 25.5. The number of amides is 2. The van der Waals surface area contributed by atoms with Gasteiger partial charge >= 0.3 is 12.0 Å². The molecular formula is C27H37N3O5. The largest absolute Gasteiger partial charge is 0.481 e. The number of ether oxygens (including phenoxy) is 2. The van der Waals surface area contributed by atoms with Crippen LogP contribution in [0.3, 0.4) is 0 Å². The van der Waals surface area contributed by atoms with Crippen molar-refractivity contribution in [3.05, 3.63) is 47.7 Å². The number of aryl methyl sites for hydroxylation is 1. The summed E-state index contributed by atoms with van der Waals surface area (Å²) in [5.41, 5.74) is 3.16. The van der Waals surface area contributed by atoms with Crippen molar-refractivity contribution < 1.29 is 24.2 Å². The first-order chi connectivity index (χ1) is 16.7. The van der Waals surface area contributed by atoms with Gasteiger partial charge in [-0.25, -0.2) is 9.78 Å². The number of aromatic nitrogens is 1. The van der Waals surface area contributed by atoms with Crippen molar-refractivity contribution in [1.29, 1.82) is 0 Å². The van der Waals surface area contributed by atoms with E-state index in [-0.39, 0.29) is 30.0 Å². The van der Waals surface area contributed by atoms with Gasteiger partial charge in [-0.15, -0.1) is 0 Å². The van der Waals surface area contributed by atoms with E-state index in [1.54, 1.807) is 18.1 Å². The van der Waals surface area contributed by atoms with Gasteiger partial charge in [0.2, 0.25) is 5.88 Å². The molecular weight excluding hydrogens is 446 g/mol. The molecule has 8 nitrogen and oxygen atoms in total. The molecule has 190 valence electrons. The van der Waals surface area contributed by atoms with E-state index in [1.807, 2.05) is 44.2 Å². The van der Waals surface area contributed by atoms with E-state index in [9.17, 15) is 14.7 Å². The van der Waals surface area contributed by atoms with Crippen molar-refractivity contribution in [3.8, 4) is 5.88 Å². The van der Waals surface area contributed by atoms with Gasteiger partial charge in [-0.05, 0) is 69.2 Å². The first kappa shape index (κ1) is 26.5. The molecule has 0 aliphatic heterocycles. The van der Waals surface area contributed by atoms with Gasteiger partial charge in [0, 0.05) is 24.5 Å². The van der Waals surface area contributed by atoms with E-state index >= 15 is 0 Å². The summed E-state index contributed by atoms with van der Waals surface area (Å²) in [6, 6.07) is 11.1. The Hall–Kier alpha value is -3.13. The van der Waals surface area contributed by atoms with Crippen LogP contribution in [-0.4, -0.2) is 48.0 Å². The summed E-state index contributed by atoms with van der Waals surface area (Å²) in [5.74, 6) is -0.568. The number of urea groups is 1. The van der Waals surface area contributed by atoms with Crippen molar-refractivity contribution in [3.63, 3.8) is 0 Å². The number of anilines is 2. The van der Waals surface area contributed by atoms with Crippen molar-refractivity contribution in [1.82, 2.24) is 4.98 Å². The van der Waals surface area contributed by atoms with Crippen LogP contribution in [0.15, 0.2) is 36.4 Å². The molecule has 35 heavy (non-hydrogen) atoms. The van der Waals surface area contributed by atoms with E-state index in [4.69, 9.17) is 9.47 Å². The van der Waals surface area contributed by atoms with Gasteiger partial charge in [0.1, 0.15) is 11.8 Å². The van der Waals surface area contributed by atoms with Crippen LogP contribution in [0.5, 0.6) is 5.88 Å². The molecule has 1 fully saturated rings.